The van der Waals surface area contributed by atoms with Crippen molar-refractivity contribution < 1.29 is 9.13 Å². The normalized spacial score (nSPS) is 12.2. The lowest BCUT2D eigenvalue weighted by atomic mass is 10.1. The lowest BCUT2D eigenvalue weighted by Crippen LogP contribution is -2.18. The molecule has 2 rings (SSSR count). The molecule has 2 N–H and O–H groups in total. The second-order valence-electron chi connectivity index (χ2n) is 3.85. The molecule has 0 radical (unpaired) electrons. The first kappa shape index (κ1) is 13.1. The van der Waals surface area contributed by atoms with Crippen LogP contribution in [0.25, 0.3) is 0 Å². The monoisotopic (exact) mass is 309 g/mol. The summed E-state index contributed by atoms with van der Waals surface area (Å²) in [5.74, 6) is 0.459. The van der Waals surface area contributed by atoms with E-state index in [0.717, 1.165) is 15.8 Å². The van der Waals surface area contributed by atoms with E-state index in [2.05, 4.69) is 15.9 Å². The summed E-state index contributed by atoms with van der Waals surface area (Å²) in [6.45, 7) is 0.331. The fraction of sp³-hybridized carbons (Fsp3) is 0.143. The van der Waals surface area contributed by atoms with Gasteiger partial charge in [-0.3, -0.25) is 0 Å². The lowest BCUT2D eigenvalue weighted by Gasteiger charge is -2.18. The molecule has 0 amide bonds. The quantitative estimate of drug-likeness (QED) is 0.935. The van der Waals surface area contributed by atoms with E-state index in [1.165, 1.54) is 12.1 Å². The molecule has 2 nitrogen and oxygen atoms in total. The van der Waals surface area contributed by atoms with Crippen molar-refractivity contribution in [1.82, 2.24) is 0 Å². The molecule has 0 saturated heterocycles. The van der Waals surface area contributed by atoms with Gasteiger partial charge in [0, 0.05) is 11.0 Å². The average molecular weight is 310 g/mol. The Hall–Kier alpha value is -1.39. The van der Waals surface area contributed by atoms with Gasteiger partial charge in [-0.2, -0.15) is 0 Å². The van der Waals surface area contributed by atoms with Crippen LogP contribution >= 0.6 is 15.9 Å². The molecular formula is C14H13BrFNO. The third-order valence-electron chi connectivity index (χ3n) is 2.53. The van der Waals surface area contributed by atoms with Gasteiger partial charge >= 0.3 is 0 Å². The van der Waals surface area contributed by atoms with Crippen LogP contribution in [0.4, 0.5) is 4.39 Å². The van der Waals surface area contributed by atoms with Gasteiger partial charge in [0.25, 0.3) is 0 Å². The Kier molecular flexibility index (Phi) is 4.33. The van der Waals surface area contributed by atoms with Crippen molar-refractivity contribution in [3.8, 4) is 5.75 Å². The minimum absolute atomic E-state index is 0.267. The van der Waals surface area contributed by atoms with Crippen molar-refractivity contribution in [2.75, 3.05) is 6.54 Å². The maximum Gasteiger partial charge on any atom is 0.136 e. The number of nitrogens with two attached hydrogens (primary N) is 1. The zero-order valence-corrected chi connectivity index (χ0v) is 11.2. The Morgan fingerprint density at radius 1 is 1.17 bits per heavy atom. The van der Waals surface area contributed by atoms with Crippen molar-refractivity contribution in [3.05, 3.63) is 64.4 Å². The van der Waals surface area contributed by atoms with E-state index in [1.807, 2.05) is 24.3 Å². The smallest absolute Gasteiger partial charge is 0.136 e. The summed E-state index contributed by atoms with van der Waals surface area (Å²) in [5.41, 5.74) is 6.56. The number of hydrogen-bond acceptors (Lipinski definition) is 2. The summed E-state index contributed by atoms with van der Waals surface area (Å²) >= 11 is 3.38. The Labute approximate surface area is 114 Å². The highest BCUT2D eigenvalue weighted by atomic mass is 79.9. The minimum atomic E-state index is -0.278. The van der Waals surface area contributed by atoms with Crippen LogP contribution in [0.15, 0.2) is 53.0 Å². The predicted octanol–water partition coefficient (Wildman–Crippen LogP) is 3.67. The van der Waals surface area contributed by atoms with Crippen LogP contribution in [0.5, 0.6) is 5.75 Å². The van der Waals surface area contributed by atoms with E-state index in [9.17, 15) is 4.39 Å². The SMILES string of the molecule is NCC(Oc1cccc(Br)c1)c1ccc(F)cc1. The largest absolute Gasteiger partial charge is 0.484 e. The van der Waals surface area contributed by atoms with Crippen LogP contribution < -0.4 is 10.5 Å². The standard InChI is InChI=1S/C14H13BrFNO/c15-11-2-1-3-13(8-11)18-14(9-17)10-4-6-12(16)7-5-10/h1-8,14H,9,17H2. The minimum Gasteiger partial charge on any atom is -0.484 e. The van der Waals surface area contributed by atoms with Crippen LogP contribution in [0, 0.1) is 5.82 Å². The molecular weight excluding hydrogens is 297 g/mol. The fourth-order valence-electron chi connectivity index (χ4n) is 1.63. The second-order valence-corrected chi connectivity index (χ2v) is 4.77. The van der Waals surface area contributed by atoms with E-state index in [-0.39, 0.29) is 11.9 Å². The van der Waals surface area contributed by atoms with E-state index in [1.54, 1.807) is 12.1 Å². The van der Waals surface area contributed by atoms with Gasteiger partial charge in [-0.15, -0.1) is 0 Å². The highest BCUT2D eigenvalue weighted by Crippen LogP contribution is 2.24. The van der Waals surface area contributed by atoms with Crippen molar-refractivity contribution >= 4 is 15.9 Å². The maximum absolute atomic E-state index is 12.9. The first-order valence-electron chi connectivity index (χ1n) is 5.57. The topological polar surface area (TPSA) is 35.2 Å². The van der Waals surface area contributed by atoms with Gasteiger partial charge in [0.2, 0.25) is 0 Å². The van der Waals surface area contributed by atoms with Gasteiger partial charge in [0.15, 0.2) is 0 Å². The summed E-state index contributed by atoms with van der Waals surface area (Å²) in [6.07, 6.45) is -0.278. The van der Waals surface area contributed by atoms with Gasteiger partial charge in [0.05, 0.1) is 0 Å². The van der Waals surface area contributed by atoms with Crippen molar-refractivity contribution in [1.29, 1.82) is 0 Å². The molecule has 0 heterocycles. The molecule has 1 unspecified atom stereocenters. The van der Waals surface area contributed by atoms with Gasteiger partial charge in [-0.25, -0.2) is 4.39 Å². The van der Waals surface area contributed by atoms with Gasteiger partial charge in [-0.1, -0.05) is 34.1 Å². The van der Waals surface area contributed by atoms with Crippen molar-refractivity contribution in [2.45, 2.75) is 6.10 Å². The number of rotatable bonds is 4. The molecule has 0 saturated carbocycles. The van der Waals surface area contributed by atoms with Crippen LogP contribution in [0.2, 0.25) is 0 Å². The van der Waals surface area contributed by atoms with Crippen molar-refractivity contribution in [2.24, 2.45) is 5.73 Å². The molecule has 2 aromatic carbocycles. The van der Waals surface area contributed by atoms with Crippen LogP contribution in [0.3, 0.4) is 0 Å². The third-order valence-corrected chi connectivity index (χ3v) is 3.02. The van der Waals surface area contributed by atoms with Gasteiger partial charge in [-0.05, 0) is 35.9 Å². The third kappa shape index (κ3) is 3.31. The number of ether oxygens (including phenoxy) is 1. The van der Waals surface area contributed by atoms with Crippen LogP contribution in [-0.2, 0) is 0 Å². The first-order chi connectivity index (χ1) is 8.69. The Morgan fingerprint density at radius 3 is 2.50 bits per heavy atom. The summed E-state index contributed by atoms with van der Waals surface area (Å²) in [7, 11) is 0. The van der Waals surface area contributed by atoms with Gasteiger partial charge in [0.1, 0.15) is 17.7 Å². The van der Waals surface area contributed by atoms with E-state index >= 15 is 0 Å². The lowest BCUT2D eigenvalue weighted by molar-refractivity contribution is 0.214. The fourth-order valence-corrected chi connectivity index (χ4v) is 2.01. The summed E-state index contributed by atoms with van der Waals surface area (Å²) in [6, 6.07) is 13.7. The molecule has 0 bridgehead atoms. The molecule has 0 aliphatic heterocycles. The summed E-state index contributed by atoms with van der Waals surface area (Å²) in [5, 5.41) is 0. The van der Waals surface area contributed by atoms with E-state index in [4.69, 9.17) is 10.5 Å². The summed E-state index contributed by atoms with van der Waals surface area (Å²) in [4.78, 5) is 0. The second kappa shape index (κ2) is 5.98. The van der Waals surface area contributed by atoms with E-state index in [0.29, 0.717) is 6.54 Å². The Bertz CT molecular complexity index is 515. The molecule has 94 valence electrons. The summed E-state index contributed by atoms with van der Waals surface area (Å²) < 4.78 is 19.6. The molecule has 18 heavy (non-hydrogen) atoms. The first-order valence-corrected chi connectivity index (χ1v) is 6.36. The van der Waals surface area contributed by atoms with Crippen LogP contribution in [0.1, 0.15) is 11.7 Å². The van der Waals surface area contributed by atoms with Crippen molar-refractivity contribution in [3.63, 3.8) is 0 Å². The molecule has 0 spiro atoms. The molecule has 0 aliphatic carbocycles. The molecule has 0 fully saturated rings. The maximum atomic E-state index is 12.9. The van der Waals surface area contributed by atoms with Gasteiger partial charge < -0.3 is 10.5 Å². The Morgan fingerprint density at radius 2 is 1.89 bits per heavy atom. The number of hydrogen-bond donors (Lipinski definition) is 1. The molecule has 0 aliphatic rings. The Balaban J connectivity index is 2.17. The number of halogens is 2. The molecule has 4 heteroatoms. The molecule has 2 aromatic rings. The highest BCUT2D eigenvalue weighted by Gasteiger charge is 2.11. The number of benzene rings is 2. The van der Waals surface area contributed by atoms with Crippen LogP contribution in [-0.4, -0.2) is 6.54 Å². The average Bonchev–Trinajstić information content (AvgIpc) is 2.37. The zero-order valence-electron chi connectivity index (χ0n) is 9.64. The van der Waals surface area contributed by atoms with E-state index < -0.39 is 0 Å². The molecule has 1 atom stereocenters. The predicted molar refractivity (Wildman–Crippen MR) is 73.0 cm³/mol. The molecule has 0 aromatic heterocycles. The highest BCUT2D eigenvalue weighted by molar-refractivity contribution is 9.10. The zero-order chi connectivity index (χ0) is 13.0.